The Morgan fingerprint density at radius 2 is 1.79 bits per heavy atom. The smallest absolute Gasteiger partial charge is 0.302 e. The van der Waals surface area contributed by atoms with Gasteiger partial charge in [0.25, 0.3) is 0 Å². The van der Waals surface area contributed by atoms with Gasteiger partial charge in [0, 0.05) is 12.3 Å². The molecule has 4 nitrogen and oxygen atoms in total. The van der Waals surface area contributed by atoms with Crippen molar-refractivity contribution >= 4 is 22.6 Å². The second kappa shape index (κ2) is 7.06. The molecule has 0 saturated heterocycles. The first-order valence-corrected chi connectivity index (χ1v) is 15.9. The fourth-order valence-corrected chi connectivity index (χ4v) is 6.05. The summed E-state index contributed by atoms with van der Waals surface area (Å²) in [5, 5.41) is 0. The molecular weight excluding hydrogens is 336 g/mol. The van der Waals surface area contributed by atoms with Crippen molar-refractivity contribution in [2.75, 3.05) is 6.61 Å². The number of hydrogen-bond acceptors (Lipinski definition) is 4. The number of esters is 1. The van der Waals surface area contributed by atoms with Gasteiger partial charge in [0.1, 0.15) is 6.61 Å². The topological polar surface area (TPSA) is 44.8 Å². The van der Waals surface area contributed by atoms with E-state index in [9.17, 15) is 4.79 Å². The van der Waals surface area contributed by atoms with E-state index >= 15 is 0 Å². The zero-order chi connectivity index (χ0) is 18.2. The molecule has 1 saturated carbocycles. The molecule has 138 valence electrons. The van der Waals surface area contributed by atoms with E-state index in [2.05, 4.69) is 45.4 Å². The van der Waals surface area contributed by atoms with Gasteiger partial charge in [-0.1, -0.05) is 11.6 Å². The molecular formula is C18H34O4Si2. The van der Waals surface area contributed by atoms with Crippen molar-refractivity contribution in [1.29, 1.82) is 0 Å². The normalized spacial score (nSPS) is 30.7. The van der Waals surface area contributed by atoms with Gasteiger partial charge in [-0.15, -0.1) is 0 Å². The maximum Gasteiger partial charge on any atom is 0.302 e. The van der Waals surface area contributed by atoms with Crippen LogP contribution in [0.25, 0.3) is 0 Å². The first kappa shape index (κ1) is 19.9. The van der Waals surface area contributed by atoms with Crippen molar-refractivity contribution in [2.24, 2.45) is 5.41 Å². The Morgan fingerprint density at radius 1 is 1.17 bits per heavy atom. The second-order valence-electron chi connectivity index (χ2n) is 9.27. The van der Waals surface area contributed by atoms with Crippen LogP contribution in [0.15, 0.2) is 11.6 Å². The Balaban J connectivity index is 2.28. The van der Waals surface area contributed by atoms with Gasteiger partial charge in [0.15, 0.2) is 16.6 Å². The third-order valence-electron chi connectivity index (χ3n) is 4.65. The zero-order valence-electron chi connectivity index (χ0n) is 16.4. The third kappa shape index (κ3) is 5.28. The Bertz CT molecular complexity index is 504. The summed E-state index contributed by atoms with van der Waals surface area (Å²) in [7, 11) is -3.35. The summed E-state index contributed by atoms with van der Waals surface area (Å²) in [5.41, 5.74) is 1.39. The van der Waals surface area contributed by atoms with Crippen LogP contribution in [0.2, 0.25) is 39.3 Å². The second-order valence-corrected chi connectivity index (χ2v) is 18.2. The first-order valence-electron chi connectivity index (χ1n) is 9.10. The van der Waals surface area contributed by atoms with Crippen LogP contribution in [0.1, 0.15) is 32.6 Å². The van der Waals surface area contributed by atoms with Crippen molar-refractivity contribution in [1.82, 2.24) is 0 Å². The molecule has 1 fully saturated rings. The van der Waals surface area contributed by atoms with Crippen LogP contribution in [-0.4, -0.2) is 41.4 Å². The van der Waals surface area contributed by atoms with E-state index in [4.69, 9.17) is 13.6 Å². The van der Waals surface area contributed by atoms with Crippen molar-refractivity contribution in [3.05, 3.63) is 11.6 Å². The lowest BCUT2D eigenvalue weighted by atomic mass is 9.73. The van der Waals surface area contributed by atoms with E-state index in [0.717, 1.165) is 25.7 Å². The van der Waals surface area contributed by atoms with Crippen molar-refractivity contribution < 1.29 is 18.4 Å². The maximum absolute atomic E-state index is 11.3. The van der Waals surface area contributed by atoms with Gasteiger partial charge in [-0.2, -0.15) is 0 Å². The molecule has 0 radical (unpaired) electrons. The highest BCUT2D eigenvalue weighted by molar-refractivity contribution is 6.70. The van der Waals surface area contributed by atoms with Gasteiger partial charge in [-0.25, -0.2) is 0 Å². The Kier molecular flexibility index (Phi) is 5.84. The van der Waals surface area contributed by atoms with Crippen LogP contribution in [-0.2, 0) is 18.4 Å². The zero-order valence-corrected chi connectivity index (χ0v) is 18.4. The summed E-state index contributed by atoms with van der Waals surface area (Å²) in [4.78, 5) is 11.3. The van der Waals surface area contributed by atoms with Crippen molar-refractivity contribution in [3.8, 4) is 0 Å². The lowest BCUT2D eigenvalue weighted by molar-refractivity contribution is -0.144. The lowest BCUT2D eigenvalue weighted by Crippen LogP contribution is -2.49. The fourth-order valence-electron chi connectivity index (χ4n) is 3.89. The van der Waals surface area contributed by atoms with Gasteiger partial charge >= 0.3 is 5.97 Å². The van der Waals surface area contributed by atoms with Crippen LogP contribution in [0.3, 0.4) is 0 Å². The predicted octanol–water partition coefficient (Wildman–Crippen LogP) is 4.49. The fraction of sp³-hybridized carbons (Fsp3) is 0.833. The highest BCUT2D eigenvalue weighted by Gasteiger charge is 2.48. The average Bonchev–Trinajstić information content (AvgIpc) is 2.76. The maximum atomic E-state index is 11.3. The van der Waals surface area contributed by atoms with Crippen LogP contribution in [0.4, 0.5) is 0 Å². The standard InChI is InChI=1S/C18H34O4Si2/c1-14(19)20-13-18-10-8-9-15(18)11-16(21-23(2,3)4)17(12-18)22-24(5,6)7/h11,16-17H,8-10,12-13H2,1-7H3/t16?,17?,18-/m0/s1. The van der Waals surface area contributed by atoms with Gasteiger partial charge in [0.05, 0.1) is 12.2 Å². The summed E-state index contributed by atoms with van der Waals surface area (Å²) >= 11 is 0. The van der Waals surface area contributed by atoms with E-state index in [0.29, 0.717) is 6.61 Å². The van der Waals surface area contributed by atoms with Gasteiger partial charge < -0.3 is 13.6 Å². The minimum Gasteiger partial charge on any atom is -0.465 e. The molecule has 2 unspecified atom stereocenters. The molecule has 0 aromatic heterocycles. The number of rotatable bonds is 6. The minimum absolute atomic E-state index is 0.0325. The SMILES string of the molecule is CC(=O)OC[C@@]12CCCC1=CC(O[Si](C)(C)C)C(O[Si](C)(C)C)C2. The molecule has 0 N–H and O–H groups in total. The van der Waals surface area contributed by atoms with E-state index in [-0.39, 0.29) is 23.6 Å². The van der Waals surface area contributed by atoms with Crippen molar-refractivity contribution in [3.63, 3.8) is 0 Å². The molecule has 2 aliphatic carbocycles. The third-order valence-corrected chi connectivity index (χ3v) is 6.64. The van der Waals surface area contributed by atoms with Crippen LogP contribution < -0.4 is 0 Å². The molecule has 6 heteroatoms. The monoisotopic (exact) mass is 370 g/mol. The summed E-state index contributed by atoms with van der Waals surface area (Å²) in [6, 6.07) is 0. The molecule has 2 rings (SSSR count). The number of carbonyl (C=O) groups is 1. The molecule has 0 aromatic rings. The number of fused-ring (bicyclic) bond motifs is 1. The molecule has 2 aliphatic rings. The molecule has 24 heavy (non-hydrogen) atoms. The largest absolute Gasteiger partial charge is 0.465 e. The quantitative estimate of drug-likeness (QED) is 0.392. The predicted molar refractivity (Wildman–Crippen MR) is 102 cm³/mol. The Hall–Kier alpha value is -0.436. The molecule has 0 aliphatic heterocycles. The number of hydrogen-bond donors (Lipinski definition) is 0. The first-order chi connectivity index (χ1) is 10.9. The van der Waals surface area contributed by atoms with E-state index < -0.39 is 16.6 Å². The highest BCUT2D eigenvalue weighted by atomic mass is 28.4. The molecule has 0 bridgehead atoms. The molecule has 0 aromatic carbocycles. The number of carbonyl (C=O) groups excluding carboxylic acids is 1. The molecule has 0 heterocycles. The lowest BCUT2D eigenvalue weighted by Gasteiger charge is -2.44. The Labute approximate surface area is 149 Å². The highest BCUT2D eigenvalue weighted by Crippen LogP contribution is 2.51. The average molecular weight is 371 g/mol. The summed E-state index contributed by atoms with van der Waals surface area (Å²) in [5.74, 6) is -0.196. The van der Waals surface area contributed by atoms with Gasteiger partial charge in [-0.3, -0.25) is 4.79 Å². The summed E-state index contributed by atoms with van der Waals surface area (Å²) < 4.78 is 18.4. The minimum atomic E-state index is -1.69. The van der Waals surface area contributed by atoms with Crippen LogP contribution in [0, 0.1) is 5.41 Å². The molecule has 0 spiro atoms. The number of ether oxygens (including phenoxy) is 1. The van der Waals surface area contributed by atoms with E-state index in [1.165, 1.54) is 12.5 Å². The van der Waals surface area contributed by atoms with E-state index in [1.54, 1.807) is 0 Å². The van der Waals surface area contributed by atoms with Crippen LogP contribution in [0.5, 0.6) is 0 Å². The van der Waals surface area contributed by atoms with Gasteiger partial charge in [-0.05, 0) is 65.0 Å². The summed E-state index contributed by atoms with van der Waals surface area (Å²) in [6.45, 7) is 15.3. The summed E-state index contributed by atoms with van der Waals surface area (Å²) in [6.07, 6.45) is 6.66. The van der Waals surface area contributed by atoms with Crippen molar-refractivity contribution in [2.45, 2.75) is 84.1 Å². The molecule has 0 amide bonds. The van der Waals surface area contributed by atoms with E-state index in [1.807, 2.05) is 0 Å². The molecule has 3 atom stereocenters. The van der Waals surface area contributed by atoms with Crippen LogP contribution >= 0.6 is 0 Å². The Morgan fingerprint density at radius 3 is 2.33 bits per heavy atom. The van der Waals surface area contributed by atoms with Gasteiger partial charge in [0.2, 0.25) is 0 Å².